The summed E-state index contributed by atoms with van der Waals surface area (Å²) in [7, 11) is 0. The van der Waals surface area contributed by atoms with E-state index in [2.05, 4.69) is 35.5 Å². The molecule has 4 aromatic heterocycles. The van der Waals surface area contributed by atoms with Gasteiger partial charge in [-0.3, -0.25) is 10.1 Å². The van der Waals surface area contributed by atoms with Gasteiger partial charge in [0.05, 0.1) is 22.8 Å². The predicted octanol–water partition coefficient (Wildman–Crippen LogP) is 5.65. The number of pyridine rings is 2. The Morgan fingerprint density at radius 1 is 1.03 bits per heavy atom. The van der Waals surface area contributed by atoms with Crippen molar-refractivity contribution in [2.45, 2.75) is 19.6 Å². The van der Waals surface area contributed by atoms with Gasteiger partial charge >= 0.3 is 0 Å². The molecule has 0 amide bonds. The zero-order valence-corrected chi connectivity index (χ0v) is 19.6. The van der Waals surface area contributed by atoms with Crippen LogP contribution in [0.5, 0.6) is 0 Å². The summed E-state index contributed by atoms with van der Waals surface area (Å²) in [5.74, 6) is -0.521. The first-order valence-electron chi connectivity index (χ1n) is 11.7. The van der Waals surface area contributed by atoms with Crippen molar-refractivity contribution >= 4 is 27.8 Å². The van der Waals surface area contributed by atoms with Crippen LogP contribution in [0, 0.1) is 11.6 Å². The monoisotopic (exact) mass is 497 g/mol. The van der Waals surface area contributed by atoms with Crippen molar-refractivity contribution in [2.75, 3.05) is 5.32 Å². The van der Waals surface area contributed by atoms with Crippen LogP contribution >= 0.6 is 0 Å². The smallest absolute Gasteiger partial charge is 0.161 e. The van der Waals surface area contributed by atoms with Gasteiger partial charge in [-0.15, -0.1) is 0 Å². The maximum Gasteiger partial charge on any atom is 0.161 e. The Morgan fingerprint density at radius 2 is 1.92 bits per heavy atom. The third-order valence-corrected chi connectivity index (χ3v) is 6.18. The molecule has 0 spiro atoms. The number of rotatable bonds is 6. The molecule has 2 aromatic carbocycles. The van der Waals surface area contributed by atoms with Crippen LogP contribution in [0.15, 0.2) is 67.1 Å². The van der Waals surface area contributed by atoms with Crippen LogP contribution in [0.3, 0.4) is 0 Å². The highest BCUT2D eigenvalue weighted by Crippen LogP contribution is 2.35. The van der Waals surface area contributed by atoms with Gasteiger partial charge < -0.3 is 15.4 Å². The van der Waals surface area contributed by atoms with E-state index < -0.39 is 12.0 Å². The van der Waals surface area contributed by atoms with E-state index in [1.165, 1.54) is 12.1 Å². The van der Waals surface area contributed by atoms with Gasteiger partial charge in [-0.1, -0.05) is 19.1 Å². The highest BCUT2D eigenvalue weighted by Gasteiger charge is 2.21. The Balaban J connectivity index is 1.47. The van der Waals surface area contributed by atoms with Gasteiger partial charge in [0.15, 0.2) is 11.5 Å². The first-order valence-corrected chi connectivity index (χ1v) is 11.7. The lowest BCUT2D eigenvalue weighted by molar-refractivity contribution is 0.199. The zero-order valence-electron chi connectivity index (χ0n) is 19.6. The fourth-order valence-electron chi connectivity index (χ4n) is 4.34. The van der Waals surface area contributed by atoms with Crippen molar-refractivity contribution in [3.05, 3.63) is 78.8 Å². The predicted molar refractivity (Wildman–Crippen MR) is 137 cm³/mol. The number of hydrogen-bond acceptors (Lipinski definition) is 6. The number of benzene rings is 2. The summed E-state index contributed by atoms with van der Waals surface area (Å²) in [5.41, 5.74) is 4.58. The van der Waals surface area contributed by atoms with Gasteiger partial charge in [0.2, 0.25) is 0 Å². The minimum atomic E-state index is -0.733. The lowest BCUT2D eigenvalue weighted by Crippen LogP contribution is -2.17. The number of hydrogen-bond donors (Lipinski definition) is 4. The van der Waals surface area contributed by atoms with Crippen molar-refractivity contribution in [3.8, 4) is 33.8 Å². The van der Waals surface area contributed by atoms with E-state index in [9.17, 15) is 9.50 Å². The number of aliphatic hydroxyl groups is 1. The van der Waals surface area contributed by atoms with Gasteiger partial charge in [-0.05, 0) is 48.4 Å². The molecule has 1 atom stereocenters. The number of anilines is 1. The van der Waals surface area contributed by atoms with Gasteiger partial charge in [0.1, 0.15) is 29.1 Å². The molecule has 0 radical (unpaired) electrons. The fourth-order valence-corrected chi connectivity index (χ4v) is 4.34. The Hall–Kier alpha value is -4.70. The molecule has 4 N–H and O–H groups in total. The lowest BCUT2D eigenvalue weighted by Gasteiger charge is -2.13. The van der Waals surface area contributed by atoms with Crippen molar-refractivity contribution in [3.63, 3.8) is 0 Å². The molecule has 0 aliphatic heterocycles. The maximum absolute atomic E-state index is 16.0. The van der Waals surface area contributed by atoms with E-state index in [-0.39, 0.29) is 11.2 Å². The molecule has 0 aliphatic carbocycles. The van der Waals surface area contributed by atoms with Crippen molar-refractivity contribution < 1.29 is 13.9 Å². The first-order chi connectivity index (χ1) is 18.0. The fraction of sp³-hybridized carbons (Fsp3) is 0.111. The number of H-pyrrole nitrogens is 2. The molecule has 184 valence electrons. The third-order valence-electron chi connectivity index (χ3n) is 6.18. The summed E-state index contributed by atoms with van der Waals surface area (Å²) in [6.07, 6.45) is 4.51. The van der Waals surface area contributed by atoms with E-state index in [0.29, 0.717) is 62.6 Å². The van der Waals surface area contributed by atoms with Gasteiger partial charge in [-0.2, -0.15) is 5.10 Å². The molecule has 37 heavy (non-hydrogen) atoms. The highest BCUT2D eigenvalue weighted by molar-refractivity contribution is 5.98. The number of fused-ring (bicyclic) bond motifs is 2. The number of aliphatic hydroxyl groups excluding tert-OH is 1. The van der Waals surface area contributed by atoms with Gasteiger partial charge in [0, 0.05) is 29.1 Å². The molecule has 6 rings (SSSR count). The van der Waals surface area contributed by atoms with Crippen molar-refractivity contribution in [1.82, 2.24) is 30.1 Å². The molecule has 0 saturated carbocycles. The second kappa shape index (κ2) is 9.07. The summed E-state index contributed by atoms with van der Waals surface area (Å²) in [6, 6.07) is 13.1. The number of aromatic amines is 2. The summed E-state index contributed by atoms with van der Waals surface area (Å²) in [6.45, 7) is 1.84. The van der Waals surface area contributed by atoms with Crippen LogP contribution in [0.25, 0.3) is 55.8 Å². The van der Waals surface area contributed by atoms with E-state index in [4.69, 9.17) is 0 Å². The minimum absolute atomic E-state index is 0.260. The molecule has 10 heteroatoms. The first kappa shape index (κ1) is 22.7. The number of imidazole rings is 1. The molecule has 1 unspecified atom stereocenters. The Labute approximate surface area is 209 Å². The Bertz CT molecular complexity index is 1760. The molecule has 4 heterocycles. The lowest BCUT2D eigenvalue weighted by atomic mass is 10.0. The van der Waals surface area contributed by atoms with Gasteiger partial charge in [0.25, 0.3) is 0 Å². The normalized spacial score (nSPS) is 12.3. The van der Waals surface area contributed by atoms with Gasteiger partial charge in [-0.25, -0.2) is 18.7 Å². The quantitative estimate of drug-likeness (QED) is 0.221. The second-order valence-electron chi connectivity index (χ2n) is 8.60. The second-order valence-corrected chi connectivity index (χ2v) is 8.60. The van der Waals surface area contributed by atoms with Crippen LogP contribution in [0.2, 0.25) is 0 Å². The summed E-state index contributed by atoms with van der Waals surface area (Å²) < 4.78 is 29.8. The average Bonchev–Trinajstić information content (AvgIpc) is 3.53. The third kappa shape index (κ3) is 4.07. The summed E-state index contributed by atoms with van der Waals surface area (Å²) in [5, 5.41) is 20.3. The van der Waals surface area contributed by atoms with E-state index in [1.54, 1.807) is 55.0 Å². The summed E-state index contributed by atoms with van der Waals surface area (Å²) in [4.78, 5) is 16.3. The Kier molecular flexibility index (Phi) is 5.57. The molecule has 0 bridgehead atoms. The molecule has 8 nitrogen and oxygen atoms in total. The Morgan fingerprint density at radius 3 is 2.76 bits per heavy atom. The number of aromatic nitrogens is 6. The molecular formula is C27H21F2N7O. The molecule has 0 aliphatic rings. The average molecular weight is 498 g/mol. The minimum Gasteiger partial charge on any atom is -0.374 e. The van der Waals surface area contributed by atoms with E-state index in [1.807, 2.05) is 6.92 Å². The largest absolute Gasteiger partial charge is 0.374 e. The molecule has 0 fully saturated rings. The number of nitrogens with zero attached hydrogens (tertiary/aromatic N) is 4. The number of halogens is 2. The molecule has 0 saturated heterocycles. The highest BCUT2D eigenvalue weighted by atomic mass is 19.1. The SMILES string of the molecule is CCC(O)Nc1cncc(-c2ccc3[nH]nc(-c4nc5c(-c6cccc(F)c6)ccnc5[nH]4)c3c2F)c1. The number of nitrogens with one attached hydrogen (secondary N) is 3. The van der Waals surface area contributed by atoms with Crippen LogP contribution < -0.4 is 5.32 Å². The van der Waals surface area contributed by atoms with E-state index >= 15 is 4.39 Å². The summed E-state index contributed by atoms with van der Waals surface area (Å²) >= 11 is 0. The van der Waals surface area contributed by atoms with E-state index in [0.717, 1.165) is 0 Å². The zero-order chi connectivity index (χ0) is 25.5. The maximum atomic E-state index is 16.0. The standard InChI is InChI=1S/C27H21F2N7O/c1-2-21(37)32-17-11-15(12-30-13-17)18-6-7-20-22(23(18)29)25(36-35-20)27-33-24-19(8-9-31-26(24)34-27)14-4-3-5-16(28)10-14/h3-13,21,32,37H,2H2,1H3,(H,35,36)(H,31,33,34). The van der Waals surface area contributed by atoms with Crippen LogP contribution in [0.4, 0.5) is 14.5 Å². The van der Waals surface area contributed by atoms with Crippen molar-refractivity contribution in [2.24, 2.45) is 0 Å². The van der Waals surface area contributed by atoms with Crippen molar-refractivity contribution in [1.29, 1.82) is 0 Å². The topological polar surface area (TPSA) is 115 Å². The molecular weight excluding hydrogens is 476 g/mol. The van der Waals surface area contributed by atoms with Crippen LogP contribution in [-0.4, -0.2) is 41.5 Å². The van der Waals surface area contributed by atoms with Crippen LogP contribution in [-0.2, 0) is 0 Å². The van der Waals surface area contributed by atoms with Crippen LogP contribution in [0.1, 0.15) is 13.3 Å². The molecule has 6 aromatic rings.